The Kier molecular flexibility index (Phi) is 6.10. The average molecular weight is 505 g/mol. The van der Waals surface area contributed by atoms with Crippen molar-refractivity contribution in [2.75, 3.05) is 37.1 Å². The minimum atomic E-state index is -0.926. The molecule has 0 bridgehead atoms. The molecule has 1 unspecified atom stereocenters. The number of methoxy groups -OCH3 is 1. The first-order valence-electron chi connectivity index (χ1n) is 11.5. The molecule has 184 valence electrons. The standard InChI is InChI=1S/C28H25ClN2O5/c1-16-8-10-18(15-20(16)29)31-25(19-6-4-5-7-22(19)35-3)24(27(33)28(31)34)26(32)17-9-11-23-21(14-17)30(2)12-13-36-23/h4-11,14-15,25,32H,12-13H2,1-3H3/b26-24+. The van der Waals surface area contributed by atoms with E-state index in [1.54, 1.807) is 60.7 Å². The Balaban J connectivity index is 1.73. The zero-order chi connectivity index (χ0) is 25.6. The fraction of sp³-hybridized carbons (Fsp3) is 0.214. The first kappa shape index (κ1) is 23.8. The molecule has 3 aromatic carbocycles. The van der Waals surface area contributed by atoms with E-state index in [-0.39, 0.29) is 11.3 Å². The molecule has 0 radical (unpaired) electrons. The molecule has 0 aromatic heterocycles. The van der Waals surface area contributed by atoms with Crippen molar-refractivity contribution >= 4 is 40.4 Å². The number of fused-ring (bicyclic) bond motifs is 1. The number of para-hydroxylation sites is 1. The van der Waals surface area contributed by atoms with Gasteiger partial charge in [0.25, 0.3) is 11.7 Å². The predicted octanol–water partition coefficient (Wildman–Crippen LogP) is 5.11. The molecule has 0 saturated carbocycles. The molecule has 5 rings (SSSR count). The number of amides is 1. The summed E-state index contributed by atoms with van der Waals surface area (Å²) >= 11 is 6.38. The SMILES string of the molecule is COc1ccccc1C1/C(=C(\O)c2ccc3c(c2)N(C)CCO3)C(=O)C(=O)N1c1ccc(C)c(Cl)c1. The molecule has 2 aliphatic heterocycles. The van der Waals surface area contributed by atoms with Gasteiger partial charge >= 0.3 is 0 Å². The number of hydrogen-bond donors (Lipinski definition) is 1. The summed E-state index contributed by atoms with van der Waals surface area (Å²) in [6.45, 7) is 3.11. The molecule has 8 heteroatoms. The average Bonchev–Trinajstić information content (AvgIpc) is 3.15. The van der Waals surface area contributed by atoms with Gasteiger partial charge < -0.3 is 19.5 Å². The van der Waals surface area contributed by atoms with Gasteiger partial charge in [0.15, 0.2) is 0 Å². The number of hydrogen-bond acceptors (Lipinski definition) is 6. The number of rotatable bonds is 4. The molecule has 1 amide bonds. The molecule has 3 aromatic rings. The number of Topliss-reactive ketones (excluding diaryl/α,β-unsaturated/α-hetero) is 1. The van der Waals surface area contributed by atoms with Crippen LogP contribution in [0.15, 0.2) is 66.2 Å². The molecular formula is C28H25ClN2O5. The van der Waals surface area contributed by atoms with Gasteiger partial charge in [-0.15, -0.1) is 0 Å². The maximum Gasteiger partial charge on any atom is 0.300 e. The fourth-order valence-corrected chi connectivity index (χ4v) is 4.85. The molecular weight excluding hydrogens is 480 g/mol. The molecule has 1 N–H and O–H groups in total. The summed E-state index contributed by atoms with van der Waals surface area (Å²) in [5, 5.41) is 12.0. The topological polar surface area (TPSA) is 79.3 Å². The van der Waals surface area contributed by atoms with Crippen molar-refractivity contribution in [1.82, 2.24) is 0 Å². The van der Waals surface area contributed by atoms with Crippen molar-refractivity contribution in [2.24, 2.45) is 0 Å². The van der Waals surface area contributed by atoms with Crippen LogP contribution < -0.4 is 19.3 Å². The summed E-state index contributed by atoms with van der Waals surface area (Å²) in [7, 11) is 3.45. The Bertz CT molecular complexity index is 1420. The van der Waals surface area contributed by atoms with E-state index in [0.717, 1.165) is 11.3 Å². The van der Waals surface area contributed by atoms with Crippen molar-refractivity contribution in [2.45, 2.75) is 13.0 Å². The van der Waals surface area contributed by atoms with Gasteiger partial charge in [0.2, 0.25) is 0 Å². The normalized spacial score (nSPS) is 18.7. The molecule has 1 fully saturated rings. The van der Waals surface area contributed by atoms with Crippen LogP contribution in [-0.4, -0.2) is 44.1 Å². The Morgan fingerprint density at radius 1 is 1.11 bits per heavy atom. The highest BCUT2D eigenvalue weighted by molar-refractivity contribution is 6.52. The Hall–Kier alpha value is -3.97. The third-order valence-corrected chi connectivity index (χ3v) is 7.05. The number of aliphatic hydroxyl groups is 1. The zero-order valence-corrected chi connectivity index (χ0v) is 20.9. The van der Waals surface area contributed by atoms with E-state index in [1.165, 1.54) is 12.0 Å². The molecule has 1 saturated heterocycles. The lowest BCUT2D eigenvalue weighted by atomic mass is 9.94. The maximum atomic E-state index is 13.5. The van der Waals surface area contributed by atoms with Crippen LogP contribution in [0.1, 0.15) is 22.7 Å². The third kappa shape index (κ3) is 3.85. The second kappa shape index (κ2) is 9.24. The Morgan fingerprint density at radius 2 is 1.89 bits per heavy atom. The van der Waals surface area contributed by atoms with Crippen LogP contribution in [0.3, 0.4) is 0 Å². The molecule has 7 nitrogen and oxygen atoms in total. The number of halogens is 1. The number of ether oxygens (including phenoxy) is 2. The van der Waals surface area contributed by atoms with Crippen molar-refractivity contribution in [3.63, 3.8) is 0 Å². The molecule has 2 aliphatic rings. The maximum absolute atomic E-state index is 13.5. The van der Waals surface area contributed by atoms with Crippen molar-refractivity contribution in [3.05, 3.63) is 87.9 Å². The highest BCUT2D eigenvalue weighted by Gasteiger charge is 2.48. The zero-order valence-electron chi connectivity index (χ0n) is 20.1. The summed E-state index contributed by atoms with van der Waals surface area (Å²) in [6.07, 6.45) is 0. The van der Waals surface area contributed by atoms with E-state index in [0.29, 0.717) is 46.5 Å². The van der Waals surface area contributed by atoms with E-state index in [2.05, 4.69) is 0 Å². The number of ketones is 1. The lowest BCUT2D eigenvalue weighted by Crippen LogP contribution is -2.29. The quantitative estimate of drug-likeness (QED) is 0.302. The summed E-state index contributed by atoms with van der Waals surface area (Å²) in [5.74, 6) is -0.645. The van der Waals surface area contributed by atoms with E-state index >= 15 is 0 Å². The Labute approximate surface area is 214 Å². The van der Waals surface area contributed by atoms with Crippen molar-refractivity contribution < 1.29 is 24.2 Å². The van der Waals surface area contributed by atoms with Gasteiger partial charge in [0.1, 0.15) is 23.9 Å². The van der Waals surface area contributed by atoms with Crippen LogP contribution in [-0.2, 0) is 9.59 Å². The fourth-order valence-electron chi connectivity index (χ4n) is 4.67. The summed E-state index contributed by atoms with van der Waals surface area (Å²) in [6, 6.07) is 16.6. The smallest absolute Gasteiger partial charge is 0.300 e. The van der Waals surface area contributed by atoms with Gasteiger partial charge in [-0.2, -0.15) is 0 Å². The number of carbonyl (C=O) groups excluding carboxylic acids is 2. The van der Waals surface area contributed by atoms with Crippen LogP contribution in [0.25, 0.3) is 5.76 Å². The number of carbonyl (C=O) groups is 2. The molecule has 2 heterocycles. The molecule has 1 atom stereocenters. The van der Waals surface area contributed by atoms with Crippen LogP contribution in [0.5, 0.6) is 11.5 Å². The third-order valence-electron chi connectivity index (χ3n) is 6.64. The molecule has 0 aliphatic carbocycles. The number of nitrogens with zero attached hydrogens (tertiary/aromatic N) is 2. The number of aliphatic hydroxyl groups excluding tert-OH is 1. The van der Waals surface area contributed by atoms with Crippen LogP contribution in [0.2, 0.25) is 5.02 Å². The van der Waals surface area contributed by atoms with Crippen LogP contribution >= 0.6 is 11.6 Å². The summed E-state index contributed by atoms with van der Waals surface area (Å²) < 4.78 is 11.3. The van der Waals surface area contributed by atoms with Crippen molar-refractivity contribution in [3.8, 4) is 11.5 Å². The summed E-state index contributed by atoms with van der Waals surface area (Å²) in [4.78, 5) is 30.3. The van der Waals surface area contributed by atoms with E-state index in [4.69, 9.17) is 21.1 Å². The van der Waals surface area contributed by atoms with Gasteiger partial charge in [-0.1, -0.05) is 35.9 Å². The number of aryl methyl sites for hydroxylation is 1. The minimum Gasteiger partial charge on any atom is -0.507 e. The minimum absolute atomic E-state index is 0.0273. The molecule has 0 spiro atoms. The highest BCUT2D eigenvalue weighted by atomic mass is 35.5. The first-order chi connectivity index (χ1) is 17.3. The van der Waals surface area contributed by atoms with Gasteiger partial charge in [0.05, 0.1) is 31.0 Å². The lowest BCUT2D eigenvalue weighted by molar-refractivity contribution is -0.132. The van der Waals surface area contributed by atoms with E-state index in [9.17, 15) is 14.7 Å². The number of likely N-dealkylation sites (N-methyl/N-ethyl adjacent to an activating group) is 1. The molecule has 36 heavy (non-hydrogen) atoms. The van der Waals surface area contributed by atoms with Crippen LogP contribution in [0.4, 0.5) is 11.4 Å². The second-order valence-corrected chi connectivity index (χ2v) is 9.20. The van der Waals surface area contributed by atoms with Gasteiger partial charge in [-0.05, 0) is 48.9 Å². The first-order valence-corrected chi connectivity index (χ1v) is 11.9. The Morgan fingerprint density at radius 3 is 2.64 bits per heavy atom. The summed E-state index contributed by atoms with van der Waals surface area (Å²) in [5.41, 5.74) is 3.02. The lowest BCUT2D eigenvalue weighted by Gasteiger charge is -2.28. The number of anilines is 2. The monoisotopic (exact) mass is 504 g/mol. The second-order valence-electron chi connectivity index (χ2n) is 8.80. The van der Waals surface area contributed by atoms with Gasteiger partial charge in [0, 0.05) is 28.9 Å². The largest absolute Gasteiger partial charge is 0.507 e. The highest BCUT2D eigenvalue weighted by Crippen LogP contribution is 2.46. The van der Waals surface area contributed by atoms with Crippen molar-refractivity contribution in [1.29, 1.82) is 0 Å². The van der Waals surface area contributed by atoms with E-state index in [1.807, 2.05) is 18.9 Å². The van der Waals surface area contributed by atoms with Gasteiger partial charge in [-0.3, -0.25) is 14.5 Å². The van der Waals surface area contributed by atoms with Gasteiger partial charge in [-0.25, -0.2) is 0 Å². The van der Waals surface area contributed by atoms with Crippen LogP contribution in [0, 0.1) is 6.92 Å². The van der Waals surface area contributed by atoms with E-state index < -0.39 is 17.7 Å². The number of benzene rings is 3. The predicted molar refractivity (Wildman–Crippen MR) is 139 cm³/mol.